The van der Waals surface area contributed by atoms with Gasteiger partial charge in [0.1, 0.15) is 0 Å². The van der Waals surface area contributed by atoms with Crippen LogP contribution in [0.5, 0.6) is 0 Å². The van der Waals surface area contributed by atoms with Crippen molar-refractivity contribution in [3.05, 3.63) is 182 Å². The van der Waals surface area contributed by atoms with E-state index < -0.39 is 0 Å². The molecule has 3 aromatic heterocycles. The largest absolute Gasteiger partial charge is 0.309 e. The van der Waals surface area contributed by atoms with Gasteiger partial charge < -0.3 is 4.57 Å². The summed E-state index contributed by atoms with van der Waals surface area (Å²) in [6.45, 7) is 0. The van der Waals surface area contributed by atoms with E-state index in [2.05, 4.69) is 168 Å². The van der Waals surface area contributed by atoms with Crippen molar-refractivity contribution in [3.8, 4) is 39.9 Å². The van der Waals surface area contributed by atoms with Crippen LogP contribution in [-0.2, 0) is 0 Å². The molecule has 0 N–H and O–H groups in total. The smallest absolute Gasteiger partial charge is 0.164 e. The van der Waals surface area contributed by atoms with Crippen molar-refractivity contribution in [1.82, 2.24) is 19.5 Å². The molecule has 12 aromatic rings. The van der Waals surface area contributed by atoms with Gasteiger partial charge in [-0.05, 0) is 69.4 Å². The lowest BCUT2D eigenvalue weighted by molar-refractivity contribution is 1.08. The van der Waals surface area contributed by atoms with Crippen LogP contribution >= 0.6 is 11.3 Å². The average molecular weight is 731 g/mol. The Morgan fingerprint density at radius 2 is 1.05 bits per heavy atom. The number of benzene rings is 9. The maximum absolute atomic E-state index is 5.24. The quantitative estimate of drug-likeness (QED) is 0.181. The first-order valence-corrected chi connectivity index (χ1v) is 19.7. The summed E-state index contributed by atoms with van der Waals surface area (Å²) in [6, 6.07) is 65.1. The fourth-order valence-electron chi connectivity index (χ4n) is 8.54. The molecule has 0 bridgehead atoms. The summed E-state index contributed by atoms with van der Waals surface area (Å²) in [5, 5.41) is 12.1. The molecule has 0 radical (unpaired) electrons. The van der Waals surface area contributed by atoms with Gasteiger partial charge in [0, 0.05) is 58.7 Å². The molecular weight excluding hydrogens is 701 g/mol. The molecule has 3 heterocycles. The molecule has 9 aromatic carbocycles. The van der Waals surface area contributed by atoms with Crippen LogP contribution in [0.2, 0.25) is 0 Å². The Kier molecular flexibility index (Phi) is 6.76. The first-order valence-electron chi connectivity index (χ1n) is 18.8. The normalized spacial score (nSPS) is 11.9. The van der Waals surface area contributed by atoms with Crippen molar-refractivity contribution < 1.29 is 0 Å². The zero-order valence-electron chi connectivity index (χ0n) is 30.0. The predicted molar refractivity (Wildman–Crippen MR) is 236 cm³/mol. The summed E-state index contributed by atoms with van der Waals surface area (Å²) >= 11 is 1.81. The van der Waals surface area contributed by atoms with Crippen molar-refractivity contribution in [2.45, 2.75) is 0 Å². The molecule has 0 fully saturated rings. The van der Waals surface area contributed by atoms with E-state index in [1.165, 1.54) is 63.5 Å². The minimum Gasteiger partial charge on any atom is -0.309 e. The SMILES string of the molecule is c1ccc(-c2nc(-c3ccc4ccccc4c3)nc(-c3cccc4sc5ccc(-n6c7cc8ccccc8cc7c7ccc8ccccc8c76)cc5c34)n2)cc1. The zero-order chi connectivity index (χ0) is 36.7. The van der Waals surface area contributed by atoms with E-state index >= 15 is 0 Å². The molecule has 0 spiro atoms. The molecule has 0 saturated heterocycles. The highest BCUT2D eigenvalue weighted by Crippen LogP contribution is 2.43. The summed E-state index contributed by atoms with van der Waals surface area (Å²) in [5.74, 6) is 1.97. The molecule has 0 saturated carbocycles. The molecular formula is C51H30N4S. The first kappa shape index (κ1) is 31.2. The summed E-state index contributed by atoms with van der Waals surface area (Å²) in [5.41, 5.74) is 6.44. The van der Waals surface area contributed by atoms with Crippen LogP contribution in [0.4, 0.5) is 0 Å². The van der Waals surface area contributed by atoms with Crippen LogP contribution in [0.1, 0.15) is 0 Å². The minimum absolute atomic E-state index is 0.653. The fourth-order valence-corrected chi connectivity index (χ4v) is 9.65. The Bertz CT molecular complexity index is 3540. The maximum Gasteiger partial charge on any atom is 0.164 e. The standard InChI is InChI=1S/C51H30N4S/c1-2-13-33(14-3-1)49-52-50(37-22-21-31-11-4-5-15-34(31)27-37)54-51(53-49)41-19-10-20-46-47(41)43-30-38(24-26-45(43)56-46)55-44-29-36-17-7-6-16-35(36)28-42(44)40-25-23-32-12-8-9-18-39(32)48(40)55/h1-30H. The lowest BCUT2D eigenvalue weighted by Gasteiger charge is -2.12. The van der Waals surface area contributed by atoms with Gasteiger partial charge in [-0.3, -0.25) is 0 Å². The van der Waals surface area contributed by atoms with Crippen molar-refractivity contribution in [3.63, 3.8) is 0 Å². The van der Waals surface area contributed by atoms with E-state index in [1.807, 2.05) is 29.5 Å². The summed E-state index contributed by atoms with van der Waals surface area (Å²) in [6.07, 6.45) is 0. The van der Waals surface area contributed by atoms with Crippen molar-refractivity contribution in [1.29, 1.82) is 0 Å². The summed E-state index contributed by atoms with van der Waals surface area (Å²) < 4.78 is 4.89. The molecule has 0 unspecified atom stereocenters. The van der Waals surface area contributed by atoms with Crippen LogP contribution in [-0.4, -0.2) is 19.5 Å². The van der Waals surface area contributed by atoms with Gasteiger partial charge in [0.2, 0.25) is 0 Å². The Labute approximate surface area is 325 Å². The van der Waals surface area contributed by atoms with Crippen LogP contribution in [0, 0.1) is 0 Å². The third-order valence-corrected chi connectivity index (χ3v) is 12.3. The second-order valence-corrected chi connectivity index (χ2v) is 15.5. The molecule has 260 valence electrons. The topological polar surface area (TPSA) is 43.6 Å². The summed E-state index contributed by atoms with van der Waals surface area (Å²) in [4.78, 5) is 15.5. The van der Waals surface area contributed by atoms with Crippen LogP contribution in [0.25, 0.3) is 114 Å². The average Bonchev–Trinajstić information content (AvgIpc) is 3.80. The van der Waals surface area contributed by atoms with Crippen molar-refractivity contribution in [2.75, 3.05) is 0 Å². The molecule has 0 aliphatic carbocycles. The molecule has 0 aliphatic rings. The second kappa shape index (κ2) is 12.2. The van der Waals surface area contributed by atoms with E-state index in [9.17, 15) is 0 Å². The third-order valence-electron chi connectivity index (χ3n) is 11.2. The van der Waals surface area contributed by atoms with E-state index in [4.69, 9.17) is 15.0 Å². The van der Waals surface area contributed by atoms with Crippen molar-refractivity contribution in [2.24, 2.45) is 0 Å². The number of thiophene rings is 1. The van der Waals surface area contributed by atoms with Gasteiger partial charge in [-0.2, -0.15) is 0 Å². The Hall–Kier alpha value is -7.21. The van der Waals surface area contributed by atoms with Gasteiger partial charge in [-0.1, -0.05) is 140 Å². The highest BCUT2D eigenvalue weighted by molar-refractivity contribution is 7.26. The first-order chi connectivity index (χ1) is 27.7. The molecule has 56 heavy (non-hydrogen) atoms. The molecule has 0 aliphatic heterocycles. The number of aromatic nitrogens is 4. The Balaban J connectivity index is 1.13. The van der Waals surface area contributed by atoms with Crippen LogP contribution in [0.15, 0.2) is 182 Å². The highest BCUT2D eigenvalue weighted by Gasteiger charge is 2.20. The van der Waals surface area contributed by atoms with Gasteiger partial charge in [-0.25, -0.2) is 15.0 Å². The van der Waals surface area contributed by atoms with Crippen LogP contribution in [0.3, 0.4) is 0 Å². The van der Waals surface area contributed by atoms with E-state index in [1.54, 1.807) is 0 Å². The monoisotopic (exact) mass is 730 g/mol. The van der Waals surface area contributed by atoms with E-state index in [0.29, 0.717) is 17.5 Å². The lowest BCUT2D eigenvalue weighted by Crippen LogP contribution is -2.00. The molecule has 0 atom stereocenters. The van der Waals surface area contributed by atoms with E-state index in [-0.39, 0.29) is 0 Å². The highest BCUT2D eigenvalue weighted by atomic mass is 32.1. The van der Waals surface area contributed by atoms with Gasteiger partial charge >= 0.3 is 0 Å². The van der Waals surface area contributed by atoms with Gasteiger partial charge in [0.25, 0.3) is 0 Å². The number of hydrogen-bond donors (Lipinski definition) is 0. The number of rotatable bonds is 4. The lowest BCUT2D eigenvalue weighted by atomic mass is 10.0. The van der Waals surface area contributed by atoms with Crippen molar-refractivity contribution >= 4 is 85.6 Å². The minimum atomic E-state index is 0.653. The number of fused-ring (bicyclic) bond motifs is 10. The predicted octanol–water partition coefficient (Wildman–Crippen LogP) is 13.8. The molecule has 5 heteroatoms. The second-order valence-electron chi connectivity index (χ2n) is 14.4. The summed E-state index contributed by atoms with van der Waals surface area (Å²) in [7, 11) is 0. The number of hydrogen-bond acceptors (Lipinski definition) is 4. The Morgan fingerprint density at radius 1 is 0.375 bits per heavy atom. The maximum atomic E-state index is 5.24. The number of nitrogens with zero attached hydrogens (tertiary/aromatic N) is 4. The van der Waals surface area contributed by atoms with E-state index in [0.717, 1.165) is 33.2 Å². The third kappa shape index (κ3) is 4.81. The molecule has 4 nitrogen and oxygen atoms in total. The molecule has 12 rings (SSSR count). The van der Waals surface area contributed by atoms with Gasteiger partial charge in [0.15, 0.2) is 17.5 Å². The zero-order valence-corrected chi connectivity index (χ0v) is 30.8. The van der Waals surface area contributed by atoms with Crippen LogP contribution < -0.4 is 0 Å². The molecule has 0 amide bonds. The van der Waals surface area contributed by atoms with Gasteiger partial charge in [0.05, 0.1) is 11.0 Å². The van der Waals surface area contributed by atoms with Gasteiger partial charge in [-0.15, -0.1) is 11.3 Å². The fraction of sp³-hybridized carbons (Fsp3) is 0. The Morgan fingerprint density at radius 3 is 1.89 bits per heavy atom.